The van der Waals surface area contributed by atoms with Gasteiger partial charge in [0.05, 0.1) is 6.04 Å². The van der Waals surface area contributed by atoms with Crippen molar-refractivity contribution in [1.29, 1.82) is 0 Å². The van der Waals surface area contributed by atoms with Gasteiger partial charge >= 0.3 is 0 Å². The van der Waals surface area contributed by atoms with Gasteiger partial charge in [-0.15, -0.1) is 11.3 Å². The average molecular weight is 303 g/mol. The molecule has 1 unspecified atom stereocenters. The largest absolute Gasteiger partial charge is 0.372 e. The van der Waals surface area contributed by atoms with Crippen LogP contribution >= 0.6 is 11.3 Å². The summed E-state index contributed by atoms with van der Waals surface area (Å²) in [5.41, 5.74) is -0.769. The molecule has 108 valence electrons. The molecule has 2 aromatic rings. The first kappa shape index (κ1) is 14.8. The van der Waals surface area contributed by atoms with Crippen molar-refractivity contribution < 1.29 is 17.6 Å². The maximum absolute atomic E-state index is 13.7. The fourth-order valence-corrected chi connectivity index (χ4v) is 2.84. The fourth-order valence-electron chi connectivity index (χ4n) is 1.89. The third-order valence-corrected chi connectivity index (χ3v) is 3.88. The Hall–Kier alpha value is -1.56. The van der Waals surface area contributed by atoms with E-state index < -0.39 is 35.0 Å². The molecule has 1 N–H and O–H groups in total. The van der Waals surface area contributed by atoms with Gasteiger partial charge in [-0.3, -0.25) is 0 Å². The molecule has 6 heteroatoms. The first-order chi connectivity index (χ1) is 9.41. The Morgan fingerprint density at radius 1 is 1.05 bits per heavy atom. The Kier molecular flexibility index (Phi) is 4.32. The van der Waals surface area contributed by atoms with Crippen molar-refractivity contribution in [1.82, 2.24) is 0 Å². The molecule has 1 aromatic heterocycles. The number of anilines is 1. The van der Waals surface area contributed by atoms with E-state index >= 15 is 0 Å². The van der Waals surface area contributed by atoms with Gasteiger partial charge < -0.3 is 5.32 Å². The lowest BCUT2D eigenvalue weighted by atomic mass is 10.0. The predicted molar refractivity (Wildman–Crippen MR) is 71.8 cm³/mol. The van der Waals surface area contributed by atoms with Gasteiger partial charge in [-0.1, -0.05) is 19.9 Å². The summed E-state index contributed by atoms with van der Waals surface area (Å²) in [7, 11) is 0. The first-order valence-corrected chi connectivity index (χ1v) is 6.92. The van der Waals surface area contributed by atoms with Crippen LogP contribution in [0.4, 0.5) is 23.2 Å². The van der Waals surface area contributed by atoms with E-state index in [-0.39, 0.29) is 12.0 Å². The molecular formula is C14H13F4NS. The number of benzene rings is 1. The number of nitrogens with one attached hydrogen (secondary N) is 1. The van der Waals surface area contributed by atoms with Crippen LogP contribution in [-0.4, -0.2) is 0 Å². The Bertz CT molecular complexity index is 569. The normalized spacial score (nSPS) is 12.8. The lowest BCUT2D eigenvalue weighted by molar-refractivity contribution is 0.452. The monoisotopic (exact) mass is 303 g/mol. The molecule has 0 spiro atoms. The van der Waals surface area contributed by atoms with Gasteiger partial charge in [0.15, 0.2) is 23.3 Å². The van der Waals surface area contributed by atoms with Crippen molar-refractivity contribution in [2.75, 3.05) is 5.32 Å². The summed E-state index contributed by atoms with van der Waals surface area (Å²) >= 11 is 1.40. The zero-order chi connectivity index (χ0) is 14.9. The zero-order valence-electron chi connectivity index (χ0n) is 10.9. The molecule has 0 bridgehead atoms. The van der Waals surface area contributed by atoms with Gasteiger partial charge in [0.2, 0.25) is 0 Å². The standard InChI is InChI=1S/C14H13F4NS/c1-7(2)13(10-4-3-5-20-10)19-14-11(17)8(15)6-9(16)12(14)18/h3-7,13,19H,1-2H3. The second kappa shape index (κ2) is 5.83. The molecule has 0 saturated heterocycles. The molecule has 0 radical (unpaired) electrons. The molecule has 0 aliphatic carbocycles. The van der Waals surface area contributed by atoms with Crippen LogP contribution in [0.25, 0.3) is 0 Å². The summed E-state index contributed by atoms with van der Waals surface area (Å²) in [5, 5.41) is 4.40. The first-order valence-electron chi connectivity index (χ1n) is 6.04. The molecular weight excluding hydrogens is 290 g/mol. The van der Waals surface area contributed by atoms with Crippen molar-refractivity contribution in [2.45, 2.75) is 19.9 Å². The summed E-state index contributed by atoms with van der Waals surface area (Å²) < 4.78 is 53.7. The summed E-state index contributed by atoms with van der Waals surface area (Å²) in [6.07, 6.45) is 0. The van der Waals surface area contributed by atoms with E-state index in [0.29, 0.717) is 0 Å². The fraction of sp³-hybridized carbons (Fsp3) is 0.286. The van der Waals surface area contributed by atoms with Crippen LogP contribution in [0.15, 0.2) is 23.6 Å². The predicted octanol–water partition coefficient (Wildman–Crippen LogP) is 5.11. The van der Waals surface area contributed by atoms with Gasteiger partial charge in [-0.2, -0.15) is 0 Å². The van der Waals surface area contributed by atoms with Crippen LogP contribution in [0.3, 0.4) is 0 Å². The van der Waals surface area contributed by atoms with Crippen molar-refractivity contribution in [3.05, 3.63) is 51.7 Å². The SMILES string of the molecule is CC(C)C(Nc1c(F)c(F)cc(F)c1F)c1cccs1. The van der Waals surface area contributed by atoms with Crippen molar-refractivity contribution in [3.63, 3.8) is 0 Å². The van der Waals surface area contributed by atoms with Crippen molar-refractivity contribution in [2.24, 2.45) is 5.92 Å². The molecule has 0 saturated carbocycles. The Balaban J connectivity index is 2.42. The molecule has 1 atom stereocenters. The van der Waals surface area contributed by atoms with E-state index in [4.69, 9.17) is 0 Å². The zero-order valence-corrected chi connectivity index (χ0v) is 11.7. The molecule has 1 nitrogen and oxygen atoms in total. The third-order valence-electron chi connectivity index (χ3n) is 2.93. The van der Waals surface area contributed by atoms with E-state index in [1.807, 2.05) is 19.2 Å². The van der Waals surface area contributed by atoms with Crippen LogP contribution in [0, 0.1) is 29.2 Å². The van der Waals surface area contributed by atoms with Crippen LogP contribution in [0.2, 0.25) is 0 Å². The van der Waals surface area contributed by atoms with Gasteiger partial charge in [0.25, 0.3) is 0 Å². The minimum atomic E-state index is -1.42. The van der Waals surface area contributed by atoms with Gasteiger partial charge in [-0.05, 0) is 17.4 Å². The summed E-state index contributed by atoms with van der Waals surface area (Å²) in [6, 6.07) is 3.37. The minimum absolute atomic E-state index is 0.0150. The third kappa shape index (κ3) is 2.80. The average Bonchev–Trinajstić information content (AvgIpc) is 2.90. The second-order valence-corrected chi connectivity index (χ2v) is 5.70. The minimum Gasteiger partial charge on any atom is -0.372 e. The lowest BCUT2D eigenvalue weighted by Gasteiger charge is -2.23. The van der Waals surface area contributed by atoms with Gasteiger partial charge in [0.1, 0.15) is 5.69 Å². The summed E-state index contributed by atoms with van der Waals surface area (Å²) in [6.45, 7) is 3.70. The van der Waals surface area contributed by atoms with E-state index in [2.05, 4.69) is 5.32 Å². The number of halogens is 4. The molecule has 1 heterocycles. The maximum Gasteiger partial charge on any atom is 0.185 e. The highest BCUT2D eigenvalue weighted by Crippen LogP contribution is 2.33. The van der Waals surface area contributed by atoms with Crippen molar-refractivity contribution >= 4 is 17.0 Å². The molecule has 0 fully saturated rings. The maximum atomic E-state index is 13.7. The topological polar surface area (TPSA) is 12.0 Å². The number of thiophene rings is 1. The lowest BCUT2D eigenvalue weighted by Crippen LogP contribution is -2.18. The highest BCUT2D eigenvalue weighted by Gasteiger charge is 2.24. The van der Waals surface area contributed by atoms with E-state index in [9.17, 15) is 17.6 Å². The van der Waals surface area contributed by atoms with E-state index in [0.717, 1.165) is 4.88 Å². The van der Waals surface area contributed by atoms with E-state index in [1.165, 1.54) is 11.3 Å². The molecule has 1 aromatic carbocycles. The molecule has 2 rings (SSSR count). The molecule has 0 amide bonds. The summed E-state index contributed by atoms with van der Waals surface area (Å²) in [5.74, 6) is -5.67. The Morgan fingerprint density at radius 3 is 2.10 bits per heavy atom. The smallest absolute Gasteiger partial charge is 0.185 e. The Morgan fingerprint density at radius 2 is 1.65 bits per heavy atom. The van der Waals surface area contributed by atoms with Gasteiger partial charge in [0, 0.05) is 10.9 Å². The summed E-state index contributed by atoms with van der Waals surface area (Å²) in [4.78, 5) is 0.837. The van der Waals surface area contributed by atoms with Crippen LogP contribution < -0.4 is 5.32 Å². The number of hydrogen-bond acceptors (Lipinski definition) is 2. The highest BCUT2D eigenvalue weighted by molar-refractivity contribution is 7.10. The number of hydrogen-bond donors (Lipinski definition) is 1. The van der Waals surface area contributed by atoms with Crippen molar-refractivity contribution in [3.8, 4) is 0 Å². The van der Waals surface area contributed by atoms with Crippen LogP contribution in [0.5, 0.6) is 0 Å². The Labute approximate surface area is 118 Å². The molecule has 0 aliphatic heterocycles. The molecule has 20 heavy (non-hydrogen) atoms. The van der Waals surface area contributed by atoms with Crippen LogP contribution in [-0.2, 0) is 0 Å². The second-order valence-electron chi connectivity index (χ2n) is 4.72. The van der Waals surface area contributed by atoms with E-state index in [1.54, 1.807) is 12.1 Å². The van der Waals surface area contributed by atoms with Gasteiger partial charge in [-0.25, -0.2) is 17.6 Å². The molecule has 0 aliphatic rings. The quantitative estimate of drug-likeness (QED) is 0.611. The number of rotatable bonds is 4. The highest BCUT2D eigenvalue weighted by atomic mass is 32.1. The van der Waals surface area contributed by atoms with Crippen LogP contribution in [0.1, 0.15) is 24.8 Å².